The molecule has 1 aromatic rings. The number of thioether (sulfide) groups is 1. The van der Waals surface area contributed by atoms with Crippen LogP contribution in [0.3, 0.4) is 0 Å². The molecule has 18 heavy (non-hydrogen) atoms. The fourth-order valence-corrected chi connectivity index (χ4v) is 3.09. The van der Waals surface area contributed by atoms with Crippen molar-refractivity contribution >= 4 is 17.7 Å². The predicted molar refractivity (Wildman–Crippen MR) is 70.8 cm³/mol. The van der Waals surface area contributed by atoms with Crippen LogP contribution in [-0.4, -0.2) is 52.1 Å². The first kappa shape index (κ1) is 13.4. The standard InChI is InChI=1S/C13H17NO3S/c15-10-8-12(13(16)17)14(9-10)6-7-18-11-4-2-1-3-5-11/h1-5,10,12,15H,6-9H2,(H,16,17). The zero-order valence-electron chi connectivity index (χ0n) is 10.0. The number of carbonyl (C=O) groups is 1. The molecule has 1 aromatic carbocycles. The molecule has 98 valence electrons. The van der Waals surface area contributed by atoms with E-state index in [2.05, 4.69) is 0 Å². The molecule has 0 spiro atoms. The predicted octanol–water partition coefficient (Wildman–Crippen LogP) is 1.30. The fraction of sp³-hybridized carbons (Fsp3) is 0.462. The first-order valence-electron chi connectivity index (χ1n) is 5.99. The second-order valence-corrected chi connectivity index (χ2v) is 5.57. The molecule has 0 saturated carbocycles. The Kier molecular flexibility index (Phi) is 4.63. The third-order valence-electron chi connectivity index (χ3n) is 3.06. The second-order valence-electron chi connectivity index (χ2n) is 4.40. The van der Waals surface area contributed by atoms with E-state index < -0.39 is 18.1 Å². The van der Waals surface area contributed by atoms with E-state index in [4.69, 9.17) is 5.11 Å². The maximum absolute atomic E-state index is 11.0. The minimum atomic E-state index is -0.837. The summed E-state index contributed by atoms with van der Waals surface area (Å²) >= 11 is 1.71. The molecule has 0 amide bonds. The number of carboxylic acid groups (broad SMARTS) is 1. The van der Waals surface area contributed by atoms with Crippen LogP contribution in [0.5, 0.6) is 0 Å². The molecule has 5 heteroatoms. The largest absolute Gasteiger partial charge is 0.480 e. The summed E-state index contributed by atoms with van der Waals surface area (Å²) in [6.45, 7) is 1.15. The van der Waals surface area contributed by atoms with Crippen LogP contribution in [0.4, 0.5) is 0 Å². The van der Waals surface area contributed by atoms with E-state index in [0.717, 1.165) is 5.75 Å². The van der Waals surface area contributed by atoms with E-state index >= 15 is 0 Å². The van der Waals surface area contributed by atoms with Crippen molar-refractivity contribution in [2.24, 2.45) is 0 Å². The van der Waals surface area contributed by atoms with Crippen LogP contribution in [-0.2, 0) is 4.79 Å². The van der Waals surface area contributed by atoms with Gasteiger partial charge < -0.3 is 10.2 Å². The van der Waals surface area contributed by atoms with Gasteiger partial charge in [-0.2, -0.15) is 0 Å². The molecule has 1 aliphatic heterocycles. The topological polar surface area (TPSA) is 60.8 Å². The molecule has 1 heterocycles. The Labute approximate surface area is 111 Å². The highest BCUT2D eigenvalue weighted by Crippen LogP contribution is 2.21. The fourth-order valence-electron chi connectivity index (χ4n) is 2.18. The molecule has 2 atom stereocenters. The van der Waals surface area contributed by atoms with E-state index in [0.29, 0.717) is 19.5 Å². The van der Waals surface area contributed by atoms with Crippen molar-refractivity contribution < 1.29 is 15.0 Å². The van der Waals surface area contributed by atoms with Gasteiger partial charge in [-0.3, -0.25) is 9.69 Å². The van der Waals surface area contributed by atoms with Crippen LogP contribution >= 0.6 is 11.8 Å². The van der Waals surface area contributed by atoms with Crippen molar-refractivity contribution in [3.05, 3.63) is 30.3 Å². The summed E-state index contributed by atoms with van der Waals surface area (Å²) < 4.78 is 0. The molecule has 2 N–H and O–H groups in total. The van der Waals surface area contributed by atoms with Crippen molar-refractivity contribution in [3.63, 3.8) is 0 Å². The van der Waals surface area contributed by atoms with Gasteiger partial charge in [0.1, 0.15) is 6.04 Å². The smallest absolute Gasteiger partial charge is 0.321 e. The quantitative estimate of drug-likeness (QED) is 0.787. The maximum Gasteiger partial charge on any atom is 0.321 e. The molecule has 0 aliphatic carbocycles. The second kappa shape index (κ2) is 6.22. The molecule has 2 rings (SSSR count). The lowest BCUT2D eigenvalue weighted by Crippen LogP contribution is -2.37. The van der Waals surface area contributed by atoms with Crippen LogP contribution in [0.25, 0.3) is 0 Å². The summed E-state index contributed by atoms with van der Waals surface area (Å²) in [6.07, 6.45) is -0.168. The van der Waals surface area contributed by atoms with Gasteiger partial charge in [0.05, 0.1) is 6.10 Å². The Hall–Kier alpha value is -1.04. The van der Waals surface area contributed by atoms with E-state index in [-0.39, 0.29) is 0 Å². The minimum absolute atomic E-state index is 0.339. The number of benzene rings is 1. The average Bonchev–Trinajstić information content (AvgIpc) is 2.72. The first-order valence-corrected chi connectivity index (χ1v) is 6.98. The van der Waals surface area contributed by atoms with Gasteiger partial charge in [0.25, 0.3) is 0 Å². The Morgan fingerprint density at radius 3 is 2.78 bits per heavy atom. The number of nitrogens with zero attached hydrogens (tertiary/aromatic N) is 1. The number of aliphatic carboxylic acids is 1. The molecule has 0 aromatic heterocycles. The Morgan fingerprint density at radius 2 is 2.11 bits per heavy atom. The lowest BCUT2D eigenvalue weighted by Gasteiger charge is -2.20. The highest BCUT2D eigenvalue weighted by Gasteiger charge is 2.35. The molecule has 2 unspecified atom stereocenters. The summed E-state index contributed by atoms with van der Waals surface area (Å²) in [7, 11) is 0. The maximum atomic E-state index is 11.0. The van der Waals surface area contributed by atoms with Crippen molar-refractivity contribution in [1.29, 1.82) is 0 Å². The van der Waals surface area contributed by atoms with Crippen molar-refractivity contribution in [1.82, 2.24) is 4.90 Å². The highest BCUT2D eigenvalue weighted by molar-refractivity contribution is 7.99. The molecule has 1 fully saturated rings. The third-order valence-corrected chi connectivity index (χ3v) is 4.05. The number of carboxylic acids is 1. The van der Waals surface area contributed by atoms with Crippen LogP contribution in [0.1, 0.15) is 6.42 Å². The lowest BCUT2D eigenvalue weighted by atomic mass is 10.2. The number of likely N-dealkylation sites (tertiary alicyclic amines) is 1. The van der Waals surface area contributed by atoms with Crippen LogP contribution in [0, 0.1) is 0 Å². The number of β-amino-alcohol motifs (C(OH)–C–C–N with tert-alkyl or cyclic N) is 1. The monoisotopic (exact) mass is 267 g/mol. The van der Waals surface area contributed by atoms with Gasteiger partial charge in [-0.25, -0.2) is 0 Å². The molecule has 4 nitrogen and oxygen atoms in total. The summed E-state index contributed by atoms with van der Waals surface area (Å²) in [5, 5.41) is 18.6. The van der Waals surface area contributed by atoms with Gasteiger partial charge in [0.15, 0.2) is 0 Å². The molecular formula is C13H17NO3S. The number of aliphatic hydroxyl groups is 1. The first-order chi connectivity index (χ1) is 8.66. The summed E-state index contributed by atoms with van der Waals surface area (Å²) in [6, 6.07) is 9.50. The highest BCUT2D eigenvalue weighted by atomic mass is 32.2. The minimum Gasteiger partial charge on any atom is -0.480 e. The molecule has 0 bridgehead atoms. The van der Waals surface area contributed by atoms with Crippen molar-refractivity contribution in [3.8, 4) is 0 Å². The summed E-state index contributed by atoms with van der Waals surface area (Å²) in [4.78, 5) is 14.1. The van der Waals surface area contributed by atoms with E-state index in [1.54, 1.807) is 11.8 Å². The summed E-state index contributed by atoms with van der Waals surface area (Å²) in [5.74, 6) is -0.00295. The zero-order chi connectivity index (χ0) is 13.0. The van der Waals surface area contributed by atoms with E-state index in [9.17, 15) is 9.90 Å². The van der Waals surface area contributed by atoms with Gasteiger partial charge >= 0.3 is 5.97 Å². The van der Waals surface area contributed by atoms with E-state index in [1.165, 1.54) is 4.90 Å². The number of hydrogen-bond donors (Lipinski definition) is 2. The molecule has 0 radical (unpaired) electrons. The molecule has 1 saturated heterocycles. The average molecular weight is 267 g/mol. The zero-order valence-corrected chi connectivity index (χ0v) is 10.8. The van der Waals surface area contributed by atoms with Crippen LogP contribution < -0.4 is 0 Å². The molecular weight excluding hydrogens is 250 g/mol. The van der Waals surface area contributed by atoms with Gasteiger partial charge in [0, 0.05) is 30.2 Å². The Bertz CT molecular complexity index is 398. The number of aliphatic hydroxyl groups excluding tert-OH is 1. The number of rotatable bonds is 5. The van der Waals surface area contributed by atoms with Crippen molar-refractivity contribution in [2.75, 3.05) is 18.8 Å². The van der Waals surface area contributed by atoms with Gasteiger partial charge in [-0.05, 0) is 12.1 Å². The third kappa shape index (κ3) is 3.48. The van der Waals surface area contributed by atoms with Gasteiger partial charge in [-0.15, -0.1) is 11.8 Å². The normalized spacial score (nSPS) is 24.3. The van der Waals surface area contributed by atoms with Crippen LogP contribution in [0.15, 0.2) is 35.2 Å². The Balaban J connectivity index is 1.81. The Morgan fingerprint density at radius 1 is 1.39 bits per heavy atom. The summed E-state index contributed by atoms with van der Waals surface area (Å²) in [5.41, 5.74) is 0. The van der Waals surface area contributed by atoms with E-state index in [1.807, 2.05) is 35.2 Å². The van der Waals surface area contributed by atoms with Gasteiger partial charge in [-0.1, -0.05) is 18.2 Å². The lowest BCUT2D eigenvalue weighted by molar-refractivity contribution is -0.142. The van der Waals surface area contributed by atoms with Crippen molar-refractivity contribution in [2.45, 2.75) is 23.5 Å². The number of hydrogen-bond acceptors (Lipinski definition) is 4. The molecule has 1 aliphatic rings. The van der Waals surface area contributed by atoms with Crippen LogP contribution in [0.2, 0.25) is 0 Å². The van der Waals surface area contributed by atoms with Gasteiger partial charge in [0.2, 0.25) is 0 Å². The SMILES string of the molecule is O=C(O)C1CC(O)CN1CCSc1ccccc1.